The Bertz CT molecular complexity index is 971. The second-order valence-electron chi connectivity index (χ2n) is 9.35. The number of hydrogen-bond acceptors (Lipinski definition) is 6. The molecule has 0 N–H and O–H groups in total. The molecule has 2 aliphatic carbocycles. The molecule has 5 atom stereocenters. The van der Waals surface area contributed by atoms with Gasteiger partial charge in [-0.05, 0) is 51.9 Å². The number of esters is 1. The van der Waals surface area contributed by atoms with Gasteiger partial charge in [-0.25, -0.2) is 0 Å². The van der Waals surface area contributed by atoms with Crippen LogP contribution >= 0.6 is 0 Å². The van der Waals surface area contributed by atoms with Crippen LogP contribution in [0.3, 0.4) is 0 Å². The summed E-state index contributed by atoms with van der Waals surface area (Å²) in [6.45, 7) is 7.69. The number of benzene rings is 1. The Kier molecular flexibility index (Phi) is 5.29. The van der Waals surface area contributed by atoms with Crippen LogP contribution in [0.25, 0.3) is 0 Å². The quantitative estimate of drug-likeness (QED) is 0.384. The predicted octanol–water partition coefficient (Wildman–Crippen LogP) is 2.31. The molecule has 1 aromatic carbocycles. The van der Waals surface area contributed by atoms with Crippen molar-refractivity contribution in [2.45, 2.75) is 57.3 Å². The van der Waals surface area contributed by atoms with E-state index in [9.17, 15) is 9.59 Å². The van der Waals surface area contributed by atoms with Crippen molar-refractivity contribution < 1.29 is 23.8 Å². The molecule has 172 valence electrons. The molecule has 0 aromatic heterocycles. The normalized spacial score (nSPS) is 31.6. The van der Waals surface area contributed by atoms with Crippen molar-refractivity contribution in [3.63, 3.8) is 0 Å². The summed E-state index contributed by atoms with van der Waals surface area (Å²) in [4.78, 5) is 28.6. The van der Waals surface area contributed by atoms with Gasteiger partial charge >= 0.3 is 5.97 Å². The molecule has 1 spiro atoms. The van der Waals surface area contributed by atoms with Crippen LogP contribution in [0.2, 0.25) is 0 Å². The molecule has 4 aliphatic rings. The van der Waals surface area contributed by atoms with Crippen LogP contribution in [0.4, 0.5) is 0 Å². The van der Waals surface area contributed by atoms with Gasteiger partial charge < -0.3 is 24.0 Å². The fourth-order valence-corrected chi connectivity index (χ4v) is 6.42. The van der Waals surface area contributed by atoms with Gasteiger partial charge in [-0.2, -0.15) is 0 Å². The number of piperidine rings is 1. The summed E-state index contributed by atoms with van der Waals surface area (Å²) in [5, 5.41) is 0. The van der Waals surface area contributed by atoms with Gasteiger partial charge in [-0.15, -0.1) is 0 Å². The second-order valence-corrected chi connectivity index (χ2v) is 9.35. The van der Waals surface area contributed by atoms with E-state index in [4.69, 9.17) is 14.2 Å². The van der Waals surface area contributed by atoms with Gasteiger partial charge in [0.2, 0.25) is 5.91 Å². The zero-order chi connectivity index (χ0) is 22.6. The lowest BCUT2D eigenvalue weighted by Crippen LogP contribution is -2.65. The SMILES string of the molecule is CCN(CC)C(=O)COC1C=C[C@H]2[C@H]3Cc4ccc(OC(C)=O)c5c4[C@@]2(CCN3C)C1O5. The first-order chi connectivity index (χ1) is 15.4. The molecule has 1 saturated heterocycles. The number of hydrogen-bond donors (Lipinski definition) is 0. The van der Waals surface area contributed by atoms with Crippen LogP contribution in [-0.2, 0) is 26.2 Å². The molecule has 1 amide bonds. The number of amides is 1. The standard InChI is InChI=1S/C25H32N2O5/c1-5-27(6-2)21(29)14-30-20-10-8-17-18-13-16-7-9-19(31-15(3)28)23-22(16)25(17,24(20)32-23)11-12-26(18)4/h7-10,17-18,20,24H,5-6,11-14H2,1-4H3/t17-,18+,20?,24?,25-/m0/s1. The Balaban J connectivity index is 1.53. The van der Waals surface area contributed by atoms with Crippen LogP contribution in [0.15, 0.2) is 24.3 Å². The molecule has 2 heterocycles. The smallest absolute Gasteiger partial charge is 0.308 e. The molecule has 2 bridgehead atoms. The zero-order valence-corrected chi connectivity index (χ0v) is 19.3. The molecule has 2 aliphatic heterocycles. The summed E-state index contributed by atoms with van der Waals surface area (Å²) >= 11 is 0. The van der Waals surface area contributed by atoms with Crippen LogP contribution in [0, 0.1) is 5.92 Å². The minimum Gasteiger partial charge on any atom is -0.482 e. The van der Waals surface area contributed by atoms with Crippen LogP contribution in [0.1, 0.15) is 38.3 Å². The molecule has 0 radical (unpaired) electrons. The van der Waals surface area contributed by atoms with Crippen molar-refractivity contribution in [1.82, 2.24) is 9.80 Å². The van der Waals surface area contributed by atoms with Crippen molar-refractivity contribution in [3.05, 3.63) is 35.4 Å². The highest BCUT2D eigenvalue weighted by atomic mass is 16.6. The molecule has 2 unspecified atom stereocenters. The van der Waals surface area contributed by atoms with E-state index >= 15 is 0 Å². The Morgan fingerprint density at radius 3 is 2.75 bits per heavy atom. The van der Waals surface area contributed by atoms with E-state index in [0.29, 0.717) is 36.5 Å². The molecule has 5 rings (SSSR count). The molecule has 1 aromatic rings. The monoisotopic (exact) mass is 440 g/mol. The number of rotatable bonds is 6. The van der Waals surface area contributed by atoms with Gasteiger partial charge in [0.05, 0.1) is 0 Å². The van der Waals surface area contributed by atoms with Gasteiger partial charge in [-0.3, -0.25) is 9.59 Å². The van der Waals surface area contributed by atoms with E-state index < -0.39 is 0 Å². The van der Waals surface area contributed by atoms with Gasteiger partial charge in [0.15, 0.2) is 11.5 Å². The molecule has 1 fully saturated rings. The van der Waals surface area contributed by atoms with Gasteiger partial charge in [0.25, 0.3) is 0 Å². The summed E-state index contributed by atoms with van der Waals surface area (Å²) in [6.07, 6.45) is 5.66. The van der Waals surface area contributed by atoms with Gasteiger partial charge in [0.1, 0.15) is 18.8 Å². The highest BCUT2D eigenvalue weighted by Crippen LogP contribution is 2.62. The highest BCUT2D eigenvalue weighted by molar-refractivity contribution is 5.77. The fraction of sp³-hybridized carbons (Fsp3) is 0.600. The maximum Gasteiger partial charge on any atom is 0.308 e. The molecular formula is C25H32N2O5. The maximum absolute atomic E-state index is 12.6. The number of likely N-dealkylation sites (tertiary alicyclic amines) is 1. The predicted molar refractivity (Wildman–Crippen MR) is 119 cm³/mol. The number of carbonyl (C=O) groups excluding carboxylic acids is 2. The van der Waals surface area contributed by atoms with Gasteiger partial charge in [0, 0.05) is 43.0 Å². The first-order valence-corrected chi connectivity index (χ1v) is 11.7. The summed E-state index contributed by atoms with van der Waals surface area (Å²) < 4.78 is 18.3. The summed E-state index contributed by atoms with van der Waals surface area (Å²) in [5.41, 5.74) is 2.22. The number of likely N-dealkylation sites (N-methyl/N-ethyl adjacent to an activating group) is 2. The maximum atomic E-state index is 12.6. The first kappa shape index (κ1) is 21.5. The van der Waals surface area contributed by atoms with E-state index in [2.05, 4.69) is 30.2 Å². The number of nitrogens with zero attached hydrogens (tertiary/aromatic N) is 2. The minimum atomic E-state index is -0.360. The fourth-order valence-electron chi connectivity index (χ4n) is 6.42. The van der Waals surface area contributed by atoms with E-state index in [1.54, 1.807) is 4.90 Å². The lowest BCUT2D eigenvalue weighted by atomic mass is 9.53. The van der Waals surface area contributed by atoms with Gasteiger partial charge in [-0.1, -0.05) is 18.2 Å². The summed E-state index contributed by atoms with van der Waals surface area (Å²) in [7, 11) is 2.20. The summed E-state index contributed by atoms with van der Waals surface area (Å²) in [6, 6.07) is 4.33. The third-order valence-corrected chi connectivity index (χ3v) is 7.88. The lowest BCUT2D eigenvalue weighted by Gasteiger charge is -2.56. The lowest BCUT2D eigenvalue weighted by molar-refractivity contribution is -0.141. The van der Waals surface area contributed by atoms with Crippen LogP contribution in [0.5, 0.6) is 11.5 Å². The zero-order valence-electron chi connectivity index (χ0n) is 19.3. The molecule has 32 heavy (non-hydrogen) atoms. The van der Waals surface area contributed by atoms with Crippen LogP contribution in [-0.4, -0.2) is 73.2 Å². The Labute approximate surface area is 189 Å². The largest absolute Gasteiger partial charge is 0.482 e. The summed E-state index contributed by atoms with van der Waals surface area (Å²) in [5.74, 6) is 1.09. The van der Waals surface area contributed by atoms with Crippen molar-refractivity contribution in [2.75, 3.05) is 33.3 Å². The topological polar surface area (TPSA) is 68.3 Å². The van der Waals surface area contributed by atoms with Crippen molar-refractivity contribution >= 4 is 11.9 Å². The van der Waals surface area contributed by atoms with Crippen molar-refractivity contribution in [2.24, 2.45) is 5.92 Å². The van der Waals surface area contributed by atoms with Crippen molar-refractivity contribution in [1.29, 1.82) is 0 Å². The van der Waals surface area contributed by atoms with E-state index in [0.717, 1.165) is 19.4 Å². The molecule has 7 nitrogen and oxygen atoms in total. The third kappa shape index (κ3) is 3.01. The Morgan fingerprint density at radius 1 is 1.25 bits per heavy atom. The molecule has 0 saturated carbocycles. The first-order valence-electron chi connectivity index (χ1n) is 11.7. The molecule has 7 heteroatoms. The highest BCUT2D eigenvalue weighted by Gasteiger charge is 2.64. The third-order valence-electron chi connectivity index (χ3n) is 7.88. The average molecular weight is 441 g/mol. The Hall–Kier alpha value is -2.38. The van der Waals surface area contributed by atoms with Crippen molar-refractivity contribution in [3.8, 4) is 11.5 Å². The number of ether oxygens (including phenoxy) is 3. The van der Waals surface area contributed by atoms with E-state index in [-0.39, 0.29) is 36.1 Å². The van der Waals surface area contributed by atoms with E-state index in [1.807, 2.05) is 19.9 Å². The van der Waals surface area contributed by atoms with Crippen LogP contribution < -0.4 is 9.47 Å². The Morgan fingerprint density at radius 2 is 2.03 bits per heavy atom. The molecular weight excluding hydrogens is 408 g/mol. The number of carbonyl (C=O) groups is 2. The average Bonchev–Trinajstić information content (AvgIpc) is 3.12. The minimum absolute atomic E-state index is 0.00951. The van der Waals surface area contributed by atoms with E-state index in [1.165, 1.54) is 18.1 Å². The second kappa shape index (κ2) is 7.89.